The van der Waals surface area contributed by atoms with Crippen LogP contribution in [0.2, 0.25) is 0 Å². The average Bonchev–Trinajstić information content (AvgIpc) is 2.88. The van der Waals surface area contributed by atoms with Crippen molar-refractivity contribution >= 4 is 23.6 Å². The highest BCUT2D eigenvalue weighted by Crippen LogP contribution is 2.23. The van der Waals surface area contributed by atoms with Gasteiger partial charge in [-0.05, 0) is 25.0 Å². The van der Waals surface area contributed by atoms with Crippen LogP contribution in [0.15, 0.2) is 0 Å². The zero-order valence-electron chi connectivity index (χ0n) is 11.5. The maximum absolute atomic E-state index is 12.2. The number of carbonyl (C=O) groups is 2. The predicted molar refractivity (Wildman–Crippen MR) is 75.4 cm³/mol. The number of carboxylic acid groups (broad SMARTS) is 1. The van der Waals surface area contributed by atoms with E-state index >= 15 is 0 Å². The third-order valence-corrected chi connectivity index (χ3v) is 4.38. The van der Waals surface area contributed by atoms with E-state index in [9.17, 15) is 9.59 Å². The highest BCUT2D eigenvalue weighted by atomic mass is 32.2. The van der Waals surface area contributed by atoms with Gasteiger partial charge in [0.2, 0.25) is 5.91 Å². The molecule has 5 nitrogen and oxygen atoms in total. The number of carbonyl (C=O) groups excluding carboxylic acids is 1. The largest absolute Gasteiger partial charge is 0.481 e. The van der Waals surface area contributed by atoms with Crippen molar-refractivity contribution in [2.75, 3.05) is 31.8 Å². The molecular formula is C13H23NO4S. The second-order valence-electron chi connectivity index (χ2n) is 4.70. The van der Waals surface area contributed by atoms with Crippen LogP contribution >= 0.6 is 11.8 Å². The second-order valence-corrected chi connectivity index (χ2v) is 5.85. The van der Waals surface area contributed by atoms with Crippen LogP contribution in [0.3, 0.4) is 0 Å². The summed E-state index contributed by atoms with van der Waals surface area (Å²) in [5.41, 5.74) is 0. The van der Waals surface area contributed by atoms with Crippen LogP contribution in [0.4, 0.5) is 0 Å². The molecule has 0 radical (unpaired) electrons. The summed E-state index contributed by atoms with van der Waals surface area (Å²) < 4.78 is 5.06. The van der Waals surface area contributed by atoms with Gasteiger partial charge in [0.25, 0.3) is 0 Å². The molecule has 110 valence electrons. The molecule has 19 heavy (non-hydrogen) atoms. The molecule has 1 amide bonds. The first-order valence-electron chi connectivity index (χ1n) is 6.73. The number of carboxylic acids is 1. The van der Waals surface area contributed by atoms with E-state index in [1.807, 2.05) is 16.7 Å². The smallest absolute Gasteiger partial charge is 0.303 e. The molecule has 0 aromatic heterocycles. The number of hydrogen-bond donors (Lipinski definition) is 1. The number of rotatable bonds is 9. The van der Waals surface area contributed by atoms with Gasteiger partial charge in [0.05, 0.1) is 6.61 Å². The topological polar surface area (TPSA) is 66.8 Å². The second kappa shape index (κ2) is 9.20. The summed E-state index contributed by atoms with van der Waals surface area (Å²) in [6, 6.07) is 0.326. The highest BCUT2D eigenvalue weighted by Gasteiger charge is 2.26. The van der Waals surface area contributed by atoms with Crippen LogP contribution in [0.25, 0.3) is 0 Å². The molecule has 6 heteroatoms. The van der Waals surface area contributed by atoms with Crippen molar-refractivity contribution in [1.82, 2.24) is 4.90 Å². The van der Waals surface area contributed by atoms with Gasteiger partial charge in [-0.2, -0.15) is 11.8 Å². The van der Waals surface area contributed by atoms with Crippen LogP contribution in [0.1, 0.15) is 32.1 Å². The Morgan fingerprint density at radius 3 is 2.68 bits per heavy atom. The lowest BCUT2D eigenvalue weighted by Gasteiger charge is -2.28. The molecule has 1 atom stereocenters. The van der Waals surface area contributed by atoms with E-state index in [1.165, 1.54) is 0 Å². The van der Waals surface area contributed by atoms with Crippen molar-refractivity contribution in [2.24, 2.45) is 0 Å². The Morgan fingerprint density at radius 2 is 2.11 bits per heavy atom. The molecule has 1 fully saturated rings. The average molecular weight is 289 g/mol. The summed E-state index contributed by atoms with van der Waals surface area (Å²) in [5.74, 6) is 1.45. The number of unbranched alkanes of at least 4 members (excludes halogenated alkanes) is 1. The van der Waals surface area contributed by atoms with Crippen LogP contribution < -0.4 is 0 Å². The molecule has 0 aromatic rings. The Bertz CT molecular complexity index is 292. The quantitative estimate of drug-likeness (QED) is 0.653. The van der Waals surface area contributed by atoms with Gasteiger partial charge in [-0.25, -0.2) is 0 Å². The normalized spacial score (nSPS) is 18.5. The Morgan fingerprint density at radius 1 is 1.37 bits per heavy atom. The van der Waals surface area contributed by atoms with Crippen LogP contribution in [0.5, 0.6) is 0 Å². The monoisotopic (exact) mass is 289 g/mol. The Kier molecular flexibility index (Phi) is 7.90. The number of aliphatic carboxylic acids is 1. The molecule has 1 N–H and O–H groups in total. The first kappa shape index (κ1) is 16.3. The number of amides is 1. The Balaban J connectivity index is 2.35. The van der Waals surface area contributed by atoms with Gasteiger partial charge in [0.1, 0.15) is 0 Å². The number of ether oxygens (including phenoxy) is 1. The van der Waals surface area contributed by atoms with Gasteiger partial charge in [-0.1, -0.05) is 0 Å². The van der Waals surface area contributed by atoms with E-state index in [1.54, 1.807) is 7.11 Å². The predicted octanol–water partition coefficient (Wildman–Crippen LogP) is 1.61. The van der Waals surface area contributed by atoms with Gasteiger partial charge < -0.3 is 14.7 Å². The molecule has 1 unspecified atom stereocenters. The van der Waals surface area contributed by atoms with Crippen LogP contribution in [0, 0.1) is 0 Å². The number of hydrogen-bond acceptors (Lipinski definition) is 4. The fourth-order valence-corrected chi connectivity index (χ4v) is 3.39. The number of methoxy groups -OCH3 is 1. The van der Waals surface area contributed by atoms with E-state index in [2.05, 4.69) is 0 Å². The number of thioether (sulfide) groups is 1. The molecule has 1 heterocycles. The fourth-order valence-electron chi connectivity index (χ4n) is 2.16. The van der Waals surface area contributed by atoms with Crippen molar-refractivity contribution in [3.05, 3.63) is 0 Å². The minimum atomic E-state index is -0.795. The maximum Gasteiger partial charge on any atom is 0.303 e. The first-order chi connectivity index (χ1) is 9.15. The highest BCUT2D eigenvalue weighted by molar-refractivity contribution is 7.99. The molecule has 1 saturated heterocycles. The van der Waals surface area contributed by atoms with Gasteiger partial charge in [0.15, 0.2) is 0 Å². The first-order valence-corrected chi connectivity index (χ1v) is 7.88. The van der Waals surface area contributed by atoms with E-state index in [-0.39, 0.29) is 12.3 Å². The SMILES string of the molecule is COCCN(C(=O)CCCCC(=O)O)C1CCSC1. The van der Waals surface area contributed by atoms with E-state index < -0.39 is 5.97 Å². The van der Waals surface area contributed by atoms with E-state index in [4.69, 9.17) is 9.84 Å². The van der Waals surface area contributed by atoms with Gasteiger partial charge in [-0.15, -0.1) is 0 Å². The number of nitrogens with zero attached hydrogens (tertiary/aromatic N) is 1. The van der Waals surface area contributed by atoms with Crippen LogP contribution in [-0.2, 0) is 14.3 Å². The molecule has 0 aliphatic carbocycles. The fraction of sp³-hybridized carbons (Fsp3) is 0.846. The minimum Gasteiger partial charge on any atom is -0.481 e. The van der Waals surface area contributed by atoms with Crippen molar-refractivity contribution in [3.63, 3.8) is 0 Å². The summed E-state index contributed by atoms with van der Waals surface area (Å²) >= 11 is 1.88. The summed E-state index contributed by atoms with van der Waals surface area (Å²) in [7, 11) is 1.64. The van der Waals surface area contributed by atoms with Crippen molar-refractivity contribution in [1.29, 1.82) is 0 Å². The molecule has 0 spiro atoms. The van der Waals surface area contributed by atoms with E-state index in [0.717, 1.165) is 17.9 Å². The maximum atomic E-state index is 12.2. The molecule has 0 aromatic carbocycles. The third kappa shape index (κ3) is 6.29. The van der Waals surface area contributed by atoms with Crippen molar-refractivity contribution < 1.29 is 19.4 Å². The van der Waals surface area contributed by atoms with Gasteiger partial charge >= 0.3 is 5.97 Å². The molecule has 1 aliphatic rings. The summed E-state index contributed by atoms with van der Waals surface area (Å²) in [5, 5.41) is 8.56. The summed E-state index contributed by atoms with van der Waals surface area (Å²) in [4.78, 5) is 24.5. The van der Waals surface area contributed by atoms with Crippen LogP contribution in [-0.4, -0.2) is 59.7 Å². The van der Waals surface area contributed by atoms with E-state index in [0.29, 0.717) is 38.5 Å². The molecule has 1 aliphatic heterocycles. The lowest BCUT2D eigenvalue weighted by molar-refractivity contribution is -0.138. The third-order valence-electron chi connectivity index (χ3n) is 3.23. The van der Waals surface area contributed by atoms with Gasteiger partial charge in [0, 0.05) is 38.3 Å². The van der Waals surface area contributed by atoms with Crippen molar-refractivity contribution in [3.8, 4) is 0 Å². The zero-order valence-corrected chi connectivity index (χ0v) is 12.3. The molecule has 0 saturated carbocycles. The molecular weight excluding hydrogens is 266 g/mol. The Labute approximate surface area is 118 Å². The minimum absolute atomic E-state index is 0.134. The molecule has 0 bridgehead atoms. The summed E-state index contributed by atoms with van der Waals surface area (Å²) in [6.07, 6.45) is 2.85. The lowest BCUT2D eigenvalue weighted by atomic mass is 10.1. The Hall–Kier alpha value is -0.750. The summed E-state index contributed by atoms with van der Waals surface area (Å²) in [6.45, 7) is 1.20. The zero-order chi connectivity index (χ0) is 14.1. The van der Waals surface area contributed by atoms with Gasteiger partial charge in [-0.3, -0.25) is 9.59 Å². The molecule has 1 rings (SSSR count). The van der Waals surface area contributed by atoms with Crippen molar-refractivity contribution in [2.45, 2.75) is 38.1 Å². The lowest BCUT2D eigenvalue weighted by Crippen LogP contribution is -2.42. The standard InChI is InChI=1S/C13H23NO4S/c1-18-8-7-14(11-6-9-19-10-11)12(15)4-2-3-5-13(16)17/h11H,2-10H2,1H3,(H,16,17).